The number of benzene rings is 3. The molecule has 0 aliphatic rings. The molecule has 32 heavy (non-hydrogen) atoms. The number of ether oxygens (including phenoxy) is 2. The van der Waals surface area contributed by atoms with Crippen molar-refractivity contribution in [2.24, 2.45) is 0 Å². The van der Waals surface area contributed by atoms with E-state index in [-0.39, 0.29) is 23.0 Å². The average Bonchev–Trinajstić information content (AvgIpc) is 2.79. The number of carbonyl (C=O) groups is 1. The topological polar surface area (TPSA) is 84.9 Å². The maximum absolute atomic E-state index is 13.8. The summed E-state index contributed by atoms with van der Waals surface area (Å²) in [4.78, 5) is 14.2. The minimum Gasteiger partial charge on any atom is -0.493 e. The van der Waals surface area contributed by atoms with E-state index in [0.717, 1.165) is 11.6 Å². The lowest BCUT2D eigenvalue weighted by molar-refractivity contribution is 0.0784. The van der Waals surface area contributed by atoms with Crippen LogP contribution in [-0.2, 0) is 16.6 Å². The largest absolute Gasteiger partial charge is 0.493 e. The number of carbonyl (C=O) groups excluding carboxylic acids is 1. The average molecular weight is 459 g/mol. The van der Waals surface area contributed by atoms with Crippen LogP contribution in [0.3, 0.4) is 0 Å². The molecule has 0 unspecified atom stereocenters. The Morgan fingerprint density at radius 3 is 2.28 bits per heavy atom. The normalized spacial score (nSPS) is 11.0. The summed E-state index contributed by atoms with van der Waals surface area (Å²) < 4.78 is 51.8. The van der Waals surface area contributed by atoms with Gasteiger partial charge in [0.05, 0.1) is 24.8 Å². The van der Waals surface area contributed by atoms with Crippen LogP contribution in [0.5, 0.6) is 11.5 Å². The molecule has 7 nitrogen and oxygen atoms in total. The predicted octanol–water partition coefficient (Wildman–Crippen LogP) is 3.92. The molecule has 1 amide bonds. The van der Waals surface area contributed by atoms with Crippen LogP contribution < -0.4 is 14.2 Å². The summed E-state index contributed by atoms with van der Waals surface area (Å²) in [6, 6.07) is 16.3. The summed E-state index contributed by atoms with van der Waals surface area (Å²) in [5.74, 6) is 0.108. The molecule has 3 aromatic carbocycles. The Balaban J connectivity index is 1.76. The lowest BCUT2D eigenvalue weighted by atomic mass is 10.1. The Hall–Kier alpha value is -3.59. The van der Waals surface area contributed by atoms with Crippen LogP contribution in [-0.4, -0.2) is 40.5 Å². The molecule has 9 heteroatoms. The van der Waals surface area contributed by atoms with Crippen molar-refractivity contribution < 1.29 is 27.1 Å². The van der Waals surface area contributed by atoms with Crippen LogP contribution in [0.1, 0.15) is 15.9 Å². The molecule has 0 saturated heterocycles. The second-order valence-electron chi connectivity index (χ2n) is 6.92. The second-order valence-corrected chi connectivity index (χ2v) is 8.61. The molecular formula is C23H23FN2O5S. The molecular weight excluding hydrogens is 435 g/mol. The van der Waals surface area contributed by atoms with Gasteiger partial charge in [0.2, 0.25) is 0 Å². The van der Waals surface area contributed by atoms with Gasteiger partial charge in [-0.2, -0.15) is 0 Å². The highest BCUT2D eigenvalue weighted by atomic mass is 32.2. The Kier molecular flexibility index (Phi) is 6.99. The number of hydrogen-bond acceptors (Lipinski definition) is 5. The van der Waals surface area contributed by atoms with E-state index in [0.29, 0.717) is 17.1 Å². The number of sulfonamides is 1. The number of nitrogens with zero attached hydrogens (tertiary/aromatic N) is 1. The van der Waals surface area contributed by atoms with Crippen molar-refractivity contribution in [3.05, 3.63) is 83.7 Å². The van der Waals surface area contributed by atoms with E-state index in [9.17, 15) is 17.6 Å². The van der Waals surface area contributed by atoms with Gasteiger partial charge in [0.25, 0.3) is 15.9 Å². The highest BCUT2D eigenvalue weighted by Gasteiger charge is 2.19. The second kappa shape index (κ2) is 9.69. The molecule has 0 atom stereocenters. The molecule has 1 N–H and O–H groups in total. The Bertz CT molecular complexity index is 1210. The number of nitrogens with one attached hydrogen (secondary N) is 1. The Labute approximate surface area is 186 Å². The molecule has 0 aliphatic carbocycles. The zero-order valence-electron chi connectivity index (χ0n) is 17.8. The van der Waals surface area contributed by atoms with E-state index >= 15 is 0 Å². The van der Waals surface area contributed by atoms with Gasteiger partial charge in [-0.15, -0.1) is 0 Å². The maximum atomic E-state index is 13.8. The van der Waals surface area contributed by atoms with Crippen LogP contribution in [0.2, 0.25) is 0 Å². The minimum absolute atomic E-state index is 0.0885. The van der Waals surface area contributed by atoms with Crippen molar-refractivity contribution in [3.8, 4) is 11.5 Å². The molecule has 0 saturated carbocycles. The summed E-state index contributed by atoms with van der Waals surface area (Å²) in [6.45, 7) is 0.258. The molecule has 0 aromatic heterocycles. The first-order chi connectivity index (χ1) is 15.3. The van der Waals surface area contributed by atoms with Gasteiger partial charge in [0, 0.05) is 24.7 Å². The van der Waals surface area contributed by atoms with Gasteiger partial charge in [-0.25, -0.2) is 12.8 Å². The molecule has 0 spiro atoms. The molecule has 0 heterocycles. The van der Waals surface area contributed by atoms with Crippen molar-refractivity contribution in [3.63, 3.8) is 0 Å². The number of hydrogen-bond donors (Lipinski definition) is 1. The van der Waals surface area contributed by atoms with Gasteiger partial charge in [0.15, 0.2) is 11.5 Å². The lowest BCUT2D eigenvalue weighted by Gasteiger charge is -2.20. The molecule has 3 rings (SSSR count). The van der Waals surface area contributed by atoms with Crippen molar-refractivity contribution >= 4 is 21.6 Å². The van der Waals surface area contributed by atoms with Gasteiger partial charge in [-0.3, -0.25) is 9.52 Å². The smallest absolute Gasteiger partial charge is 0.261 e. The fourth-order valence-electron chi connectivity index (χ4n) is 3.15. The number of amides is 1. The summed E-state index contributed by atoms with van der Waals surface area (Å²) >= 11 is 0. The van der Waals surface area contributed by atoms with Crippen molar-refractivity contribution in [2.75, 3.05) is 26.0 Å². The third-order valence-electron chi connectivity index (χ3n) is 4.77. The van der Waals surface area contributed by atoms with Crippen LogP contribution in [0.25, 0.3) is 0 Å². The molecule has 3 aromatic rings. The number of para-hydroxylation sites is 2. The van der Waals surface area contributed by atoms with Crippen LogP contribution in [0, 0.1) is 5.82 Å². The summed E-state index contributed by atoms with van der Waals surface area (Å²) in [7, 11) is 0.682. The fourth-order valence-corrected chi connectivity index (χ4v) is 4.22. The lowest BCUT2D eigenvalue weighted by Crippen LogP contribution is -2.26. The third kappa shape index (κ3) is 5.00. The molecule has 0 fully saturated rings. The van der Waals surface area contributed by atoms with Crippen LogP contribution in [0.4, 0.5) is 10.1 Å². The standard InChI is InChI=1S/C23H23FN2O5S/c1-26(15-17-7-6-10-21(30-2)22(17)31-3)23(27)16-11-13-18(14-12-16)32(28,29)25-20-9-5-4-8-19(20)24/h4-14,25H,15H2,1-3H3. The summed E-state index contributed by atoms with van der Waals surface area (Å²) in [5, 5.41) is 0. The van der Waals surface area contributed by atoms with Crippen molar-refractivity contribution in [1.29, 1.82) is 0 Å². The molecule has 0 radical (unpaired) electrons. The number of anilines is 1. The van der Waals surface area contributed by atoms with E-state index in [4.69, 9.17) is 9.47 Å². The highest BCUT2D eigenvalue weighted by molar-refractivity contribution is 7.92. The SMILES string of the molecule is COc1cccc(CN(C)C(=O)c2ccc(S(=O)(=O)Nc3ccccc3F)cc2)c1OC. The van der Waals surface area contributed by atoms with E-state index in [1.165, 1.54) is 61.6 Å². The first kappa shape index (κ1) is 23.1. The highest BCUT2D eigenvalue weighted by Crippen LogP contribution is 2.31. The van der Waals surface area contributed by atoms with Gasteiger partial charge < -0.3 is 14.4 Å². The molecule has 0 bridgehead atoms. The molecule has 168 valence electrons. The zero-order valence-corrected chi connectivity index (χ0v) is 18.6. The summed E-state index contributed by atoms with van der Waals surface area (Å²) in [6.07, 6.45) is 0. The van der Waals surface area contributed by atoms with Crippen LogP contribution in [0.15, 0.2) is 71.6 Å². The Morgan fingerprint density at radius 2 is 1.66 bits per heavy atom. The van der Waals surface area contributed by atoms with Gasteiger partial charge in [0.1, 0.15) is 5.82 Å². The quantitative estimate of drug-likeness (QED) is 0.553. The minimum atomic E-state index is -4.01. The van der Waals surface area contributed by atoms with Gasteiger partial charge in [-0.05, 0) is 42.5 Å². The first-order valence-corrected chi connectivity index (χ1v) is 11.1. The number of methoxy groups -OCH3 is 2. The summed E-state index contributed by atoms with van der Waals surface area (Å²) in [5.41, 5.74) is 0.912. The van der Waals surface area contributed by atoms with E-state index in [2.05, 4.69) is 4.72 Å². The first-order valence-electron chi connectivity index (χ1n) is 9.59. The predicted molar refractivity (Wildman–Crippen MR) is 119 cm³/mol. The van der Waals surface area contributed by atoms with Gasteiger partial charge >= 0.3 is 0 Å². The number of halogens is 1. The van der Waals surface area contributed by atoms with E-state index in [1.54, 1.807) is 19.2 Å². The maximum Gasteiger partial charge on any atom is 0.261 e. The third-order valence-corrected chi connectivity index (χ3v) is 6.15. The Morgan fingerprint density at radius 1 is 0.969 bits per heavy atom. The molecule has 0 aliphatic heterocycles. The van der Waals surface area contributed by atoms with Crippen molar-refractivity contribution in [2.45, 2.75) is 11.4 Å². The zero-order chi connectivity index (χ0) is 23.3. The monoisotopic (exact) mass is 458 g/mol. The number of rotatable bonds is 8. The van der Waals surface area contributed by atoms with Crippen LogP contribution >= 0.6 is 0 Å². The van der Waals surface area contributed by atoms with E-state index in [1.807, 2.05) is 6.07 Å². The van der Waals surface area contributed by atoms with Gasteiger partial charge in [-0.1, -0.05) is 24.3 Å². The fraction of sp³-hybridized carbons (Fsp3) is 0.174. The van der Waals surface area contributed by atoms with Crippen molar-refractivity contribution in [1.82, 2.24) is 4.90 Å². The van der Waals surface area contributed by atoms with E-state index < -0.39 is 15.8 Å².